The van der Waals surface area contributed by atoms with Gasteiger partial charge in [0.25, 0.3) is 0 Å². The van der Waals surface area contributed by atoms with Crippen molar-refractivity contribution >= 4 is 12.1 Å². The predicted molar refractivity (Wildman–Crippen MR) is 105 cm³/mol. The summed E-state index contributed by atoms with van der Waals surface area (Å²) in [6.07, 6.45) is 10.4. The number of benzene rings is 1. The van der Waals surface area contributed by atoms with E-state index in [2.05, 4.69) is 16.9 Å². The molecule has 0 aliphatic heterocycles. The molecule has 1 aromatic heterocycles. The number of rotatable bonds is 9. The van der Waals surface area contributed by atoms with E-state index in [1.807, 2.05) is 6.07 Å². The predicted octanol–water partition coefficient (Wildman–Crippen LogP) is 4.35. The minimum absolute atomic E-state index is 0.0301. The molecule has 5 nitrogen and oxygen atoms in total. The first kappa shape index (κ1) is 22.3. The Labute approximate surface area is 159 Å². The number of nitrogens with one attached hydrogen (secondary N) is 1. The van der Waals surface area contributed by atoms with E-state index in [4.69, 9.17) is 5.73 Å². The molecule has 0 atom stereocenters. The van der Waals surface area contributed by atoms with E-state index in [-0.39, 0.29) is 17.3 Å². The molecule has 0 bridgehead atoms. The van der Waals surface area contributed by atoms with Crippen LogP contribution in [0.2, 0.25) is 0 Å². The van der Waals surface area contributed by atoms with Gasteiger partial charge in [-0.25, -0.2) is 9.37 Å². The molecule has 146 valence electrons. The van der Waals surface area contributed by atoms with Crippen molar-refractivity contribution in [3.8, 4) is 11.3 Å². The monoisotopic (exact) mass is 373 g/mol. The van der Waals surface area contributed by atoms with Crippen LogP contribution in [0.4, 0.5) is 4.39 Å². The number of allylic oxidation sites excluding steroid dienone is 2. The number of unbranched alkanes of at least 4 members (excludes halogenated alkanes) is 4. The van der Waals surface area contributed by atoms with Gasteiger partial charge in [-0.2, -0.15) is 0 Å². The molecule has 0 aliphatic carbocycles. The molecule has 6 heteroatoms. The fourth-order valence-corrected chi connectivity index (χ4v) is 2.47. The number of aryl methyl sites for hydroxylation is 1. The Morgan fingerprint density at radius 2 is 1.93 bits per heavy atom. The average Bonchev–Trinajstić information content (AvgIpc) is 3.10. The van der Waals surface area contributed by atoms with Crippen molar-refractivity contribution in [3.05, 3.63) is 53.9 Å². The Balaban J connectivity index is 0.000000387. The fraction of sp³-hybridized carbons (Fsp3) is 0.381. The van der Waals surface area contributed by atoms with Gasteiger partial charge in [-0.15, -0.1) is 0 Å². The van der Waals surface area contributed by atoms with Crippen molar-refractivity contribution in [2.45, 2.75) is 52.4 Å². The molecule has 1 aromatic carbocycles. The van der Waals surface area contributed by atoms with Crippen LogP contribution in [0.1, 0.15) is 51.8 Å². The summed E-state index contributed by atoms with van der Waals surface area (Å²) in [7, 11) is 0. The van der Waals surface area contributed by atoms with Crippen LogP contribution in [0.25, 0.3) is 11.3 Å². The summed E-state index contributed by atoms with van der Waals surface area (Å²) in [5.41, 5.74) is 6.27. The summed E-state index contributed by atoms with van der Waals surface area (Å²) in [5, 5.41) is 0. The summed E-state index contributed by atoms with van der Waals surface area (Å²) < 4.78 is 13.6. The maximum atomic E-state index is 13.6. The molecule has 3 N–H and O–H groups in total. The lowest BCUT2D eigenvalue weighted by atomic mass is 10.1. The number of H-pyrrole nitrogens is 1. The highest BCUT2D eigenvalue weighted by atomic mass is 19.1. The maximum absolute atomic E-state index is 13.6. The van der Waals surface area contributed by atoms with Crippen LogP contribution in [0.5, 0.6) is 0 Å². The minimum atomic E-state index is -0.213. The minimum Gasteiger partial charge on any atom is -0.396 e. The van der Waals surface area contributed by atoms with Crippen LogP contribution >= 0.6 is 0 Å². The van der Waals surface area contributed by atoms with Gasteiger partial charge in [0.2, 0.25) is 0 Å². The molecular formula is C21H28FN3O2. The quantitative estimate of drug-likeness (QED) is 0.389. The Kier molecular flexibility index (Phi) is 10.4. The van der Waals surface area contributed by atoms with Crippen LogP contribution in [-0.2, 0) is 16.0 Å². The molecule has 0 fully saturated rings. The zero-order valence-electron chi connectivity index (χ0n) is 16.0. The molecular weight excluding hydrogens is 345 g/mol. The van der Waals surface area contributed by atoms with E-state index >= 15 is 0 Å². The van der Waals surface area contributed by atoms with Crippen molar-refractivity contribution in [1.82, 2.24) is 9.97 Å². The Bertz CT molecular complexity index is 753. The van der Waals surface area contributed by atoms with Gasteiger partial charge in [0.05, 0.1) is 17.6 Å². The fourth-order valence-electron chi connectivity index (χ4n) is 2.47. The van der Waals surface area contributed by atoms with Crippen LogP contribution in [0.3, 0.4) is 0 Å². The zero-order chi connectivity index (χ0) is 20.1. The highest BCUT2D eigenvalue weighted by molar-refractivity contribution is 5.92. The first-order valence-corrected chi connectivity index (χ1v) is 9.19. The van der Waals surface area contributed by atoms with Gasteiger partial charge < -0.3 is 10.7 Å². The molecule has 0 radical (unpaired) electrons. The molecule has 0 saturated heterocycles. The third kappa shape index (κ3) is 8.94. The molecule has 0 unspecified atom stereocenters. The SMILES string of the molecule is CC(=O)/C=C(\N)C=O.CCCCCCCc1ncc(-c2ccccc2F)[nH]1. The third-order valence-electron chi connectivity index (χ3n) is 3.82. The number of aldehydes is 1. The topological polar surface area (TPSA) is 88.8 Å². The molecule has 2 rings (SSSR count). The number of ketones is 1. The van der Waals surface area contributed by atoms with Crippen molar-refractivity contribution in [1.29, 1.82) is 0 Å². The molecule has 1 heterocycles. The first-order valence-electron chi connectivity index (χ1n) is 9.19. The van der Waals surface area contributed by atoms with Crippen LogP contribution in [-0.4, -0.2) is 22.0 Å². The van der Waals surface area contributed by atoms with Gasteiger partial charge in [0.15, 0.2) is 12.1 Å². The largest absolute Gasteiger partial charge is 0.396 e. The lowest BCUT2D eigenvalue weighted by Crippen LogP contribution is -2.00. The van der Waals surface area contributed by atoms with E-state index in [0.29, 0.717) is 11.8 Å². The van der Waals surface area contributed by atoms with Gasteiger partial charge in [-0.05, 0) is 25.5 Å². The van der Waals surface area contributed by atoms with Crippen LogP contribution in [0.15, 0.2) is 42.2 Å². The first-order chi connectivity index (χ1) is 13.0. The molecule has 0 spiro atoms. The van der Waals surface area contributed by atoms with Crippen molar-refractivity contribution in [2.75, 3.05) is 0 Å². The highest BCUT2D eigenvalue weighted by Crippen LogP contribution is 2.20. The number of hydrogen-bond donors (Lipinski definition) is 2. The summed E-state index contributed by atoms with van der Waals surface area (Å²) in [6, 6.07) is 6.78. The Morgan fingerprint density at radius 1 is 1.22 bits per heavy atom. The molecule has 0 amide bonds. The number of nitrogens with two attached hydrogens (primary N) is 1. The van der Waals surface area contributed by atoms with Gasteiger partial charge in [0.1, 0.15) is 11.6 Å². The Morgan fingerprint density at radius 3 is 2.52 bits per heavy atom. The zero-order valence-corrected chi connectivity index (χ0v) is 16.0. The van der Waals surface area contributed by atoms with Crippen molar-refractivity contribution < 1.29 is 14.0 Å². The second-order valence-corrected chi connectivity index (χ2v) is 6.26. The second kappa shape index (κ2) is 12.6. The summed E-state index contributed by atoms with van der Waals surface area (Å²) >= 11 is 0. The maximum Gasteiger partial charge on any atom is 0.165 e. The lowest BCUT2D eigenvalue weighted by molar-refractivity contribution is -0.113. The average molecular weight is 373 g/mol. The number of carbonyl (C=O) groups excluding carboxylic acids is 2. The highest BCUT2D eigenvalue weighted by Gasteiger charge is 2.07. The van der Waals surface area contributed by atoms with Crippen molar-refractivity contribution in [3.63, 3.8) is 0 Å². The number of hydrogen-bond acceptors (Lipinski definition) is 4. The smallest absolute Gasteiger partial charge is 0.165 e. The standard InChI is InChI=1S/C16H21FN2.C5H7NO2/c1-2-3-4-5-6-11-16-18-12-15(19-16)13-9-7-8-10-14(13)17;1-4(8)2-5(6)3-7/h7-10,12H,2-6,11H2,1H3,(H,18,19);2-3H,6H2,1H3/b;5-2-. The normalized spacial score (nSPS) is 10.9. The second-order valence-electron chi connectivity index (χ2n) is 6.26. The van der Waals surface area contributed by atoms with Crippen molar-refractivity contribution in [2.24, 2.45) is 5.73 Å². The third-order valence-corrected chi connectivity index (χ3v) is 3.82. The van der Waals surface area contributed by atoms with Gasteiger partial charge in [-0.3, -0.25) is 9.59 Å². The van der Waals surface area contributed by atoms with E-state index < -0.39 is 0 Å². The number of aromatic amines is 1. The number of aromatic nitrogens is 2. The van der Waals surface area contributed by atoms with E-state index in [0.717, 1.165) is 30.4 Å². The molecule has 0 saturated carbocycles. The number of nitrogens with zero attached hydrogens (tertiary/aromatic N) is 1. The Hall–Kier alpha value is -2.76. The van der Waals surface area contributed by atoms with Crippen LogP contribution in [0, 0.1) is 5.82 Å². The van der Waals surface area contributed by atoms with Gasteiger partial charge >= 0.3 is 0 Å². The summed E-state index contributed by atoms with van der Waals surface area (Å²) in [4.78, 5) is 27.3. The van der Waals surface area contributed by atoms with E-state index in [9.17, 15) is 14.0 Å². The van der Waals surface area contributed by atoms with Crippen LogP contribution < -0.4 is 5.73 Å². The van der Waals surface area contributed by atoms with E-state index in [1.165, 1.54) is 38.7 Å². The molecule has 27 heavy (non-hydrogen) atoms. The van der Waals surface area contributed by atoms with Gasteiger partial charge in [0, 0.05) is 18.1 Å². The van der Waals surface area contributed by atoms with Gasteiger partial charge in [-0.1, -0.05) is 44.7 Å². The number of halogens is 1. The molecule has 2 aromatic rings. The number of imidazole rings is 1. The summed E-state index contributed by atoms with van der Waals surface area (Å²) in [5.74, 6) is 0.532. The molecule has 0 aliphatic rings. The number of carbonyl (C=O) groups is 2. The lowest BCUT2D eigenvalue weighted by Gasteiger charge is -2.00. The van der Waals surface area contributed by atoms with E-state index in [1.54, 1.807) is 18.3 Å². The summed E-state index contributed by atoms with van der Waals surface area (Å²) in [6.45, 7) is 3.55.